The van der Waals surface area contributed by atoms with Crippen LogP contribution in [0.15, 0.2) is 48.5 Å². The Kier molecular flexibility index (Phi) is 5.84. The number of ether oxygens (including phenoxy) is 2. The number of amides is 1. The molecule has 1 saturated carbocycles. The molecule has 2 aromatic carbocycles. The van der Waals surface area contributed by atoms with Gasteiger partial charge in [-0.25, -0.2) is 0 Å². The SMILES string of the molecule is COc1cc(/C=C/C(=O)N(Cc2ccccc2)C2CC2)cc(Cl)c1OC. The summed E-state index contributed by atoms with van der Waals surface area (Å²) in [6.07, 6.45) is 5.48. The predicted octanol–water partition coefficient (Wildman–Crippen LogP) is 4.56. The molecule has 0 spiro atoms. The lowest BCUT2D eigenvalue weighted by Gasteiger charge is -2.21. The lowest BCUT2D eigenvalue weighted by atomic mass is 10.1. The zero-order valence-corrected chi connectivity index (χ0v) is 15.7. The molecule has 2 aromatic rings. The summed E-state index contributed by atoms with van der Waals surface area (Å²) in [4.78, 5) is 14.6. The fraction of sp³-hybridized carbons (Fsp3) is 0.286. The molecule has 0 aliphatic heterocycles. The minimum absolute atomic E-state index is 0.00209. The van der Waals surface area contributed by atoms with Crippen LogP contribution in [0, 0.1) is 0 Å². The van der Waals surface area contributed by atoms with Gasteiger partial charge in [-0.2, -0.15) is 0 Å². The van der Waals surface area contributed by atoms with Crippen molar-refractivity contribution in [1.29, 1.82) is 0 Å². The van der Waals surface area contributed by atoms with Crippen LogP contribution in [0.2, 0.25) is 5.02 Å². The van der Waals surface area contributed by atoms with Crippen LogP contribution in [0.3, 0.4) is 0 Å². The van der Waals surface area contributed by atoms with Gasteiger partial charge >= 0.3 is 0 Å². The van der Waals surface area contributed by atoms with Gasteiger partial charge in [0.1, 0.15) is 0 Å². The molecule has 0 radical (unpaired) electrons. The molecule has 0 unspecified atom stereocenters. The number of hydrogen-bond acceptors (Lipinski definition) is 3. The maximum absolute atomic E-state index is 12.7. The lowest BCUT2D eigenvalue weighted by molar-refractivity contribution is -0.127. The molecular weight excluding hydrogens is 350 g/mol. The molecule has 0 heterocycles. The van der Waals surface area contributed by atoms with E-state index in [1.165, 1.54) is 0 Å². The van der Waals surface area contributed by atoms with E-state index in [1.54, 1.807) is 38.5 Å². The molecule has 0 atom stereocenters. The number of carbonyl (C=O) groups excluding carboxylic acids is 1. The normalized spacial score (nSPS) is 13.7. The third-order valence-corrected chi connectivity index (χ3v) is 4.62. The fourth-order valence-corrected chi connectivity index (χ4v) is 3.15. The van der Waals surface area contributed by atoms with E-state index in [9.17, 15) is 4.79 Å². The average Bonchev–Trinajstić information content (AvgIpc) is 3.49. The number of methoxy groups -OCH3 is 2. The first-order valence-electron chi connectivity index (χ1n) is 8.56. The summed E-state index contributed by atoms with van der Waals surface area (Å²) < 4.78 is 10.5. The lowest BCUT2D eigenvalue weighted by Crippen LogP contribution is -2.31. The minimum Gasteiger partial charge on any atom is -0.493 e. The molecule has 0 aromatic heterocycles. The topological polar surface area (TPSA) is 38.8 Å². The van der Waals surface area contributed by atoms with Crippen molar-refractivity contribution in [3.8, 4) is 11.5 Å². The Morgan fingerprint density at radius 3 is 2.54 bits per heavy atom. The van der Waals surface area contributed by atoms with Gasteiger partial charge in [-0.05, 0) is 42.2 Å². The Morgan fingerprint density at radius 2 is 1.92 bits per heavy atom. The predicted molar refractivity (Wildman–Crippen MR) is 104 cm³/mol. The van der Waals surface area contributed by atoms with Crippen LogP contribution >= 0.6 is 11.6 Å². The minimum atomic E-state index is 0.00209. The van der Waals surface area contributed by atoms with Crippen LogP contribution < -0.4 is 9.47 Å². The quantitative estimate of drug-likeness (QED) is 0.669. The Bertz CT molecular complexity index is 800. The first-order chi connectivity index (χ1) is 12.6. The van der Waals surface area contributed by atoms with Gasteiger partial charge in [0.05, 0.1) is 19.2 Å². The zero-order chi connectivity index (χ0) is 18.5. The fourth-order valence-electron chi connectivity index (χ4n) is 2.85. The monoisotopic (exact) mass is 371 g/mol. The third-order valence-electron chi connectivity index (χ3n) is 4.34. The number of rotatable bonds is 7. The van der Waals surface area contributed by atoms with Crippen LogP contribution in [0.4, 0.5) is 0 Å². The third kappa shape index (κ3) is 4.38. The van der Waals surface area contributed by atoms with Gasteiger partial charge in [0, 0.05) is 18.7 Å². The van der Waals surface area contributed by atoms with E-state index in [4.69, 9.17) is 21.1 Å². The van der Waals surface area contributed by atoms with Crippen LogP contribution in [0.25, 0.3) is 6.08 Å². The molecular formula is C21H22ClNO3. The Balaban J connectivity index is 1.76. The van der Waals surface area contributed by atoms with E-state index < -0.39 is 0 Å². The number of benzene rings is 2. The highest BCUT2D eigenvalue weighted by Crippen LogP contribution is 2.36. The highest BCUT2D eigenvalue weighted by Gasteiger charge is 2.31. The van der Waals surface area contributed by atoms with Gasteiger partial charge in [-0.3, -0.25) is 4.79 Å². The van der Waals surface area contributed by atoms with Gasteiger partial charge in [-0.1, -0.05) is 41.9 Å². The summed E-state index contributed by atoms with van der Waals surface area (Å²) in [5.41, 5.74) is 1.92. The second-order valence-electron chi connectivity index (χ2n) is 6.25. The van der Waals surface area contributed by atoms with Crippen LogP contribution in [-0.2, 0) is 11.3 Å². The molecule has 4 nitrogen and oxygen atoms in total. The molecule has 0 saturated heterocycles. The van der Waals surface area contributed by atoms with E-state index in [2.05, 4.69) is 0 Å². The summed E-state index contributed by atoms with van der Waals surface area (Å²) in [5, 5.41) is 0.447. The average molecular weight is 372 g/mol. The summed E-state index contributed by atoms with van der Waals surface area (Å²) in [5.74, 6) is 1.03. The van der Waals surface area contributed by atoms with Crippen LogP contribution in [0.1, 0.15) is 24.0 Å². The second-order valence-corrected chi connectivity index (χ2v) is 6.66. The van der Waals surface area contributed by atoms with Gasteiger partial charge in [0.25, 0.3) is 0 Å². The van der Waals surface area contributed by atoms with Crippen molar-refractivity contribution in [2.24, 2.45) is 0 Å². The van der Waals surface area contributed by atoms with Crippen molar-refractivity contribution >= 4 is 23.6 Å². The van der Waals surface area contributed by atoms with Crippen molar-refractivity contribution in [2.75, 3.05) is 14.2 Å². The summed E-state index contributed by atoms with van der Waals surface area (Å²) >= 11 is 6.22. The Hall–Kier alpha value is -2.46. The number of nitrogens with zero attached hydrogens (tertiary/aromatic N) is 1. The molecule has 136 valence electrons. The number of hydrogen-bond donors (Lipinski definition) is 0. The molecule has 1 aliphatic carbocycles. The van der Waals surface area contributed by atoms with Crippen LogP contribution in [0.5, 0.6) is 11.5 Å². The maximum Gasteiger partial charge on any atom is 0.247 e. The highest BCUT2D eigenvalue weighted by molar-refractivity contribution is 6.32. The van der Waals surface area contributed by atoms with Crippen molar-refractivity contribution in [2.45, 2.75) is 25.4 Å². The summed E-state index contributed by atoms with van der Waals surface area (Å²) in [6, 6.07) is 13.9. The van der Waals surface area contributed by atoms with Crippen molar-refractivity contribution in [3.05, 3.63) is 64.7 Å². The van der Waals surface area contributed by atoms with Crippen molar-refractivity contribution in [1.82, 2.24) is 4.90 Å². The van der Waals surface area contributed by atoms with Gasteiger partial charge in [-0.15, -0.1) is 0 Å². The first kappa shape index (κ1) is 18.3. The molecule has 1 aliphatic rings. The number of halogens is 1. The molecule has 3 rings (SSSR count). The van der Waals surface area contributed by atoms with E-state index in [-0.39, 0.29) is 5.91 Å². The second kappa shape index (κ2) is 8.28. The molecule has 26 heavy (non-hydrogen) atoms. The van der Waals surface area contributed by atoms with E-state index in [0.717, 1.165) is 24.0 Å². The van der Waals surface area contributed by atoms with E-state index in [0.29, 0.717) is 29.1 Å². The largest absolute Gasteiger partial charge is 0.493 e. The molecule has 1 fully saturated rings. The summed E-state index contributed by atoms with van der Waals surface area (Å²) in [7, 11) is 3.10. The van der Waals surface area contributed by atoms with Gasteiger partial charge < -0.3 is 14.4 Å². The molecule has 1 amide bonds. The van der Waals surface area contributed by atoms with Gasteiger partial charge in [0.15, 0.2) is 11.5 Å². The van der Waals surface area contributed by atoms with Crippen molar-refractivity contribution in [3.63, 3.8) is 0 Å². The maximum atomic E-state index is 12.7. The molecule has 5 heteroatoms. The van der Waals surface area contributed by atoms with E-state index >= 15 is 0 Å². The first-order valence-corrected chi connectivity index (χ1v) is 8.94. The van der Waals surface area contributed by atoms with Gasteiger partial charge in [0.2, 0.25) is 5.91 Å². The molecule has 0 bridgehead atoms. The number of carbonyl (C=O) groups is 1. The zero-order valence-electron chi connectivity index (χ0n) is 14.9. The Labute approximate surface area is 159 Å². The standard InChI is InChI=1S/C21H22ClNO3/c1-25-19-13-16(12-18(22)21(19)26-2)8-11-20(24)23(17-9-10-17)14-15-6-4-3-5-7-15/h3-8,11-13,17H,9-10,14H2,1-2H3/b11-8+. The van der Waals surface area contributed by atoms with Crippen molar-refractivity contribution < 1.29 is 14.3 Å². The molecule has 0 N–H and O–H groups in total. The van der Waals surface area contributed by atoms with E-state index in [1.807, 2.05) is 35.2 Å². The Morgan fingerprint density at radius 1 is 1.19 bits per heavy atom. The highest BCUT2D eigenvalue weighted by atomic mass is 35.5. The van der Waals surface area contributed by atoms with Crippen LogP contribution in [-0.4, -0.2) is 31.1 Å². The summed E-state index contributed by atoms with van der Waals surface area (Å²) in [6.45, 7) is 0.626. The smallest absolute Gasteiger partial charge is 0.247 e.